The average molecular weight is 284 g/mol. The molecule has 1 aliphatic rings. The lowest BCUT2D eigenvalue weighted by Gasteiger charge is -2.25. The van der Waals surface area contributed by atoms with E-state index >= 15 is 0 Å². The predicted molar refractivity (Wildman–Crippen MR) is 72.7 cm³/mol. The number of carboxylic acid groups (broad SMARTS) is 1. The van der Waals surface area contributed by atoms with Gasteiger partial charge in [-0.3, -0.25) is 4.79 Å². The highest BCUT2D eigenvalue weighted by molar-refractivity contribution is 6.34. The minimum absolute atomic E-state index is 0.0501. The van der Waals surface area contributed by atoms with E-state index in [1.165, 1.54) is 12.1 Å². The Labute approximate surface area is 115 Å². The van der Waals surface area contributed by atoms with Crippen LogP contribution in [0.4, 0.5) is 11.4 Å². The van der Waals surface area contributed by atoms with Gasteiger partial charge in [-0.25, -0.2) is 4.79 Å². The number of hydrogen-bond donors (Lipinski definition) is 3. The lowest BCUT2D eigenvalue weighted by molar-refractivity contribution is -0.120. The predicted octanol–water partition coefficient (Wildman–Crippen LogP) is 0.947. The number of nitrogens with zero attached hydrogens (tertiary/aromatic N) is 1. The van der Waals surface area contributed by atoms with Gasteiger partial charge in [-0.1, -0.05) is 11.6 Å². The second kappa shape index (κ2) is 5.36. The molecule has 1 fully saturated rings. The molecule has 102 valence electrons. The summed E-state index contributed by atoms with van der Waals surface area (Å²) < 4.78 is 0. The normalized spacial score (nSPS) is 15.8. The van der Waals surface area contributed by atoms with Gasteiger partial charge < -0.3 is 21.1 Å². The summed E-state index contributed by atoms with van der Waals surface area (Å²) in [7, 11) is 0. The fourth-order valence-corrected chi connectivity index (χ4v) is 2.44. The van der Waals surface area contributed by atoms with Crippen LogP contribution in [0.15, 0.2) is 12.1 Å². The van der Waals surface area contributed by atoms with Gasteiger partial charge in [0.1, 0.15) is 0 Å². The minimum atomic E-state index is -1.09. The molecule has 1 amide bonds. The molecule has 0 saturated carbocycles. The molecule has 4 N–H and O–H groups in total. The summed E-state index contributed by atoms with van der Waals surface area (Å²) in [6.07, 6.45) is 0.305. The second-order valence-corrected chi connectivity index (χ2v) is 4.70. The summed E-state index contributed by atoms with van der Waals surface area (Å²) >= 11 is 6.11. The van der Waals surface area contributed by atoms with Crippen LogP contribution >= 0.6 is 11.6 Å². The monoisotopic (exact) mass is 283 g/mol. The lowest BCUT2D eigenvalue weighted by atomic mass is 10.1. The summed E-state index contributed by atoms with van der Waals surface area (Å²) in [5.74, 6) is -1.14. The highest BCUT2D eigenvalue weighted by atomic mass is 35.5. The van der Waals surface area contributed by atoms with E-state index in [1.807, 2.05) is 0 Å². The Balaban J connectivity index is 2.42. The van der Waals surface area contributed by atoms with Crippen LogP contribution in [0, 0.1) is 0 Å². The fraction of sp³-hybridized carbons (Fsp3) is 0.333. The number of carbonyl (C=O) groups excluding carboxylic acids is 1. The molecular formula is C12H14ClN3O3. The smallest absolute Gasteiger partial charge is 0.337 e. The number of hydrogen-bond acceptors (Lipinski definition) is 4. The van der Waals surface area contributed by atoms with Crippen LogP contribution in [0.2, 0.25) is 5.02 Å². The maximum Gasteiger partial charge on any atom is 0.337 e. The number of halogens is 1. The molecule has 0 aliphatic carbocycles. The van der Waals surface area contributed by atoms with Gasteiger partial charge in [0, 0.05) is 31.7 Å². The van der Waals surface area contributed by atoms with E-state index in [0.717, 1.165) is 0 Å². The molecular weight excluding hydrogens is 270 g/mol. The molecule has 0 atom stereocenters. The Morgan fingerprint density at radius 1 is 1.42 bits per heavy atom. The van der Waals surface area contributed by atoms with Gasteiger partial charge in [0.05, 0.1) is 16.3 Å². The van der Waals surface area contributed by atoms with E-state index in [4.69, 9.17) is 17.3 Å². The third-order valence-corrected chi connectivity index (χ3v) is 3.23. The van der Waals surface area contributed by atoms with Crippen LogP contribution < -0.4 is 16.0 Å². The standard InChI is InChI=1S/C12H14ClN3O3/c13-9-6-7(14)5-8(12(18)19)11(9)16-3-1-10(17)15-2-4-16/h5-6H,1-4,14H2,(H,15,17)(H,18,19). The maximum absolute atomic E-state index is 11.3. The lowest BCUT2D eigenvalue weighted by Crippen LogP contribution is -2.30. The molecule has 19 heavy (non-hydrogen) atoms. The molecule has 1 aromatic carbocycles. The molecule has 0 radical (unpaired) electrons. The number of benzene rings is 1. The molecule has 0 bridgehead atoms. The van der Waals surface area contributed by atoms with Crippen LogP contribution in [0.5, 0.6) is 0 Å². The van der Waals surface area contributed by atoms with Crippen LogP contribution in [0.3, 0.4) is 0 Å². The van der Waals surface area contributed by atoms with Crippen LogP contribution in [0.25, 0.3) is 0 Å². The van der Waals surface area contributed by atoms with E-state index in [1.54, 1.807) is 4.90 Å². The van der Waals surface area contributed by atoms with E-state index in [0.29, 0.717) is 37.4 Å². The van der Waals surface area contributed by atoms with E-state index in [9.17, 15) is 14.7 Å². The minimum Gasteiger partial charge on any atom is -0.478 e. The number of nitrogens with one attached hydrogen (secondary N) is 1. The van der Waals surface area contributed by atoms with Crippen molar-refractivity contribution in [3.8, 4) is 0 Å². The summed E-state index contributed by atoms with van der Waals surface area (Å²) in [5, 5.41) is 12.3. The van der Waals surface area contributed by atoms with Gasteiger partial charge in [0.25, 0.3) is 0 Å². The van der Waals surface area contributed by atoms with Crippen LogP contribution in [0.1, 0.15) is 16.8 Å². The van der Waals surface area contributed by atoms with Gasteiger partial charge in [0.15, 0.2) is 0 Å². The van der Waals surface area contributed by atoms with E-state index in [-0.39, 0.29) is 16.5 Å². The largest absolute Gasteiger partial charge is 0.478 e. The van der Waals surface area contributed by atoms with Crippen LogP contribution in [-0.4, -0.2) is 36.6 Å². The Morgan fingerprint density at radius 3 is 2.84 bits per heavy atom. The van der Waals surface area contributed by atoms with Crippen molar-refractivity contribution >= 4 is 34.9 Å². The zero-order valence-corrected chi connectivity index (χ0v) is 10.9. The zero-order chi connectivity index (χ0) is 14.0. The number of nitrogens with two attached hydrogens (primary N) is 1. The van der Waals surface area contributed by atoms with E-state index in [2.05, 4.69) is 5.32 Å². The van der Waals surface area contributed by atoms with Crippen molar-refractivity contribution in [2.45, 2.75) is 6.42 Å². The van der Waals surface area contributed by atoms with Gasteiger partial charge in [-0.05, 0) is 12.1 Å². The first-order valence-corrected chi connectivity index (χ1v) is 6.21. The fourth-order valence-electron chi connectivity index (χ4n) is 2.10. The molecule has 6 nitrogen and oxygen atoms in total. The first-order valence-electron chi connectivity index (χ1n) is 5.83. The third kappa shape index (κ3) is 2.90. The average Bonchev–Trinajstić information content (AvgIpc) is 2.53. The topological polar surface area (TPSA) is 95.7 Å². The highest BCUT2D eigenvalue weighted by Gasteiger charge is 2.22. The molecule has 7 heteroatoms. The first-order chi connectivity index (χ1) is 8.99. The molecule has 0 aromatic heterocycles. The van der Waals surface area contributed by atoms with Gasteiger partial charge in [-0.2, -0.15) is 0 Å². The van der Waals surface area contributed by atoms with Gasteiger partial charge in [-0.15, -0.1) is 0 Å². The number of nitrogen functional groups attached to an aromatic ring is 1. The quantitative estimate of drug-likeness (QED) is 0.702. The van der Waals surface area contributed by atoms with Gasteiger partial charge in [0.2, 0.25) is 5.91 Å². The van der Waals surface area contributed by atoms with E-state index < -0.39 is 5.97 Å². The van der Waals surface area contributed by atoms with Crippen molar-refractivity contribution in [1.82, 2.24) is 5.32 Å². The van der Waals surface area contributed by atoms with Crippen LogP contribution in [-0.2, 0) is 4.79 Å². The maximum atomic E-state index is 11.3. The van der Waals surface area contributed by atoms with Gasteiger partial charge >= 0.3 is 5.97 Å². The number of carboxylic acids is 1. The number of amides is 1. The molecule has 1 saturated heterocycles. The SMILES string of the molecule is Nc1cc(Cl)c(N2CCNC(=O)CC2)c(C(=O)O)c1. The molecule has 0 spiro atoms. The number of anilines is 2. The van der Waals surface area contributed by atoms with Crippen molar-refractivity contribution in [3.63, 3.8) is 0 Å². The third-order valence-electron chi connectivity index (χ3n) is 2.95. The van der Waals surface area contributed by atoms with Crippen molar-refractivity contribution < 1.29 is 14.7 Å². The number of aromatic carboxylic acids is 1. The summed E-state index contributed by atoms with van der Waals surface area (Å²) in [6.45, 7) is 1.39. The summed E-state index contributed by atoms with van der Waals surface area (Å²) in [6, 6.07) is 2.90. The Morgan fingerprint density at radius 2 is 2.16 bits per heavy atom. The number of carbonyl (C=O) groups is 2. The van der Waals surface area contributed by atoms with Crippen molar-refractivity contribution in [1.29, 1.82) is 0 Å². The molecule has 1 heterocycles. The van der Waals surface area contributed by atoms with Crippen molar-refractivity contribution in [2.24, 2.45) is 0 Å². The highest BCUT2D eigenvalue weighted by Crippen LogP contribution is 2.33. The Hall–Kier alpha value is -1.95. The zero-order valence-electron chi connectivity index (χ0n) is 10.1. The summed E-state index contributed by atoms with van der Waals surface area (Å²) in [5.41, 5.74) is 6.39. The molecule has 0 unspecified atom stereocenters. The Bertz CT molecular complexity index is 533. The first kappa shape index (κ1) is 13.5. The van der Waals surface area contributed by atoms with Crippen molar-refractivity contribution in [3.05, 3.63) is 22.7 Å². The molecule has 1 aliphatic heterocycles. The molecule has 2 rings (SSSR count). The molecule has 1 aromatic rings. The second-order valence-electron chi connectivity index (χ2n) is 4.29. The van der Waals surface area contributed by atoms with Crippen molar-refractivity contribution in [2.75, 3.05) is 30.3 Å². The Kier molecular flexibility index (Phi) is 3.80. The number of rotatable bonds is 2. The summed E-state index contributed by atoms with van der Waals surface area (Å²) in [4.78, 5) is 24.4.